The van der Waals surface area contributed by atoms with Gasteiger partial charge in [0.15, 0.2) is 11.5 Å². The second kappa shape index (κ2) is 7.56. The molecular weight excluding hydrogens is 420 g/mol. The van der Waals surface area contributed by atoms with E-state index in [1.165, 1.54) is 0 Å². The Bertz CT molecular complexity index is 1040. The van der Waals surface area contributed by atoms with E-state index in [0.29, 0.717) is 17.1 Å². The van der Waals surface area contributed by atoms with Gasteiger partial charge in [0.2, 0.25) is 0 Å². The Hall–Kier alpha value is -2.99. The van der Waals surface area contributed by atoms with Crippen molar-refractivity contribution in [3.63, 3.8) is 0 Å². The molecule has 142 valence electrons. The molecule has 4 rings (SSSR count). The van der Waals surface area contributed by atoms with E-state index in [-0.39, 0.29) is 5.91 Å². The lowest BCUT2D eigenvalue weighted by Gasteiger charge is -2.38. The molecule has 0 bridgehead atoms. The Kier molecular flexibility index (Phi) is 4.96. The molecule has 1 amide bonds. The first kappa shape index (κ1) is 18.4. The quantitative estimate of drug-likeness (QED) is 0.605. The number of halogens is 1. The van der Waals surface area contributed by atoms with Crippen molar-refractivity contribution >= 4 is 33.2 Å². The number of nitrogens with zero attached hydrogens (tertiary/aromatic N) is 1. The summed E-state index contributed by atoms with van der Waals surface area (Å²) in [5.41, 5.74) is 3.12. The van der Waals surface area contributed by atoms with Crippen LogP contribution in [0, 0.1) is 0 Å². The number of nitrogens with one attached hydrogen (secondary N) is 1. The summed E-state index contributed by atoms with van der Waals surface area (Å²) in [4.78, 5) is 15.2. The van der Waals surface area contributed by atoms with E-state index in [1.807, 2.05) is 66.7 Å². The zero-order valence-electron chi connectivity index (χ0n) is 15.5. The zero-order chi connectivity index (χ0) is 19.7. The van der Waals surface area contributed by atoms with E-state index in [9.17, 15) is 4.79 Å². The van der Waals surface area contributed by atoms with Gasteiger partial charge in [0.25, 0.3) is 5.91 Å². The number of anilines is 2. The van der Waals surface area contributed by atoms with Crippen molar-refractivity contribution < 1.29 is 14.3 Å². The number of rotatable bonds is 4. The van der Waals surface area contributed by atoms with E-state index in [4.69, 9.17) is 9.47 Å². The van der Waals surface area contributed by atoms with E-state index in [0.717, 1.165) is 21.4 Å². The third kappa shape index (κ3) is 3.20. The number of amides is 1. The Morgan fingerprint density at radius 3 is 2.46 bits per heavy atom. The maximum absolute atomic E-state index is 13.4. The second-order valence-corrected chi connectivity index (χ2v) is 7.28. The van der Waals surface area contributed by atoms with Gasteiger partial charge >= 0.3 is 0 Å². The molecule has 3 aromatic carbocycles. The van der Waals surface area contributed by atoms with Crippen molar-refractivity contribution in [2.24, 2.45) is 0 Å². The first-order chi connectivity index (χ1) is 13.6. The SMILES string of the molecule is COc1ccc([C@@H]2Nc3ccccc3C(=O)N2c2cccc(Br)c2)cc1OC. The van der Waals surface area contributed by atoms with Crippen LogP contribution < -0.4 is 19.7 Å². The lowest BCUT2D eigenvalue weighted by Crippen LogP contribution is -2.43. The molecule has 0 aromatic heterocycles. The highest BCUT2D eigenvalue weighted by Crippen LogP contribution is 2.39. The summed E-state index contributed by atoms with van der Waals surface area (Å²) < 4.78 is 11.7. The molecule has 1 aliphatic rings. The third-order valence-corrected chi connectivity index (χ3v) is 5.23. The van der Waals surface area contributed by atoms with Gasteiger partial charge in [-0.1, -0.05) is 40.2 Å². The molecule has 0 spiro atoms. The third-order valence-electron chi connectivity index (χ3n) is 4.74. The van der Waals surface area contributed by atoms with Gasteiger partial charge in [-0.25, -0.2) is 0 Å². The van der Waals surface area contributed by atoms with Crippen molar-refractivity contribution in [3.05, 3.63) is 82.3 Å². The largest absolute Gasteiger partial charge is 0.493 e. The van der Waals surface area contributed by atoms with Gasteiger partial charge in [-0.05, 0) is 48.0 Å². The van der Waals surface area contributed by atoms with Crippen LogP contribution in [0.15, 0.2) is 71.2 Å². The van der Waals surface area contributed by atoms with Gasteiger partial charge in [-0.2, -0.15) is 0 Å². The summed E-state index contributed by atoms with van der Waals surface area (Å²) in [6, 6.07) is 20.9. The summed E-state index contributed by atoms with van der Waals surface area (Å²) in [5, 5.41) is 3.49. The topological polar surface area (TPSA) is 50.8 Å². The van der Waals surface area contributed by atoms with Gasteiger partial charge < -0.3 is 14.8 Å². The zero-order valence-corrected chi connectivity index (χ0v) is 17.1. The fraction of sp³-hybridized carbons (Fsp3) is 0.136. The van der Waals surface area contributed by atoms with Crippen LogP contribution in [0.3, 0.4) is 0 Å². The lowest BCUT2D eigenvalue weighted by molar-refractivity contribution is 0.0975. The van der Waals surface area contributed by atoms with E-state index >= 15 is 0 Å². The molecule has 3 aromatic rings. The first-order valence-corrected chi connectivity index (χ1v) is 9.58. The maximum atomic E-state index is 13.4. The van der Waals surface area contributed by atoms with Crippen LogP contribution in [0.5, 0.6) is 11.5 Å². The molecular formula is C22H19BrN2O3. The number of ether oxygens (including phenoxy) is 2. The molecule has 0 aliphatic carbocycles. The summed E-state index contributed by atoms with van der Waals surface area (Å²) in [6.07, 6.45) is -0.392. The van der Waals surface area contributed by atoms with Crippen molar-refractivity contribution in [3.8, 4) is 11.5 Å². The highest BCUT2D eigenvalue weighted by Gasteiger charge is 2.34. The Morgan fingerprint density at radius 1 is 0.929 bits per heavy atom. The monoisotopic (exact) mass is 438 g/mol. The van der Waals surface area contributed by atoms with Gasteiger partial charge in [0.05, 0.1) is 19.8 Å². The number of hydrogen-bond acceptors (Lipinski definition) is 4. The maximum Gasteiger partial charge on any atom is 0.262 e. The van der Waals surface area contributed by atoms with Crippen LogP contribution in [0.2, 0.25) is 0 Å². The fourth-order valence-corrected chi connectivity index (χ4v) is 3.79. The average molecular weight is 439 g/mol. The molecule has 1 atom stereocenters. The summed E-state index contributed by atoms with van der Waals surface area (Å²) in [6.45, 7) is 0. The summed E-state index contributed by atoms with van der Waals surface area (Å²) in [5.74, 6) is 1.19. The number of carbonyl (C=O) groups is 1. The number of methoxy groups -OCH3 is 2. The minimum Gasteiger partial charge on any atom is -0.493 e. The first-order valence-electron chi connectivity index (χ1n) is 8.79. The Morgan fingerprint density at radius 2 is 1.71 bits per heavy atom. The van der Waals surface area contributed by atoms with Crippen LogP contribution in [-0.2, 0) is 0 Å². The van der Waals surface area contributed by atoms with Crippen molar-refractivity contribution in [2.75, 3.05) is 24.4 Å². The van der Waals surface area contributed by atoms with Crippen LogP contribution in [0.4, 0.5) is 11.4 Å². The number of para-hydroxylation sites is 1. The minimum atomic E-state index is -0.392. The molecule has 0 fully saturated rings. The fourth-order valence-electron chi connectivity index (χ4n) is 3.40. The molecule has 0 unspecified atom stereocenters. The molecule has 0 radical (unpaired) electrons. The van der Waals surface area contributed by atoms with E-state index in [2.05, 4.69) is 21.2 Å². The predicted octanol–water partition coefficient (Wildman–Crippen LogP) is 5.24. The smallest absolute Gasteiger partial charge is 0.262 e. The van der Waals surface area contributed by atoms with Gasteiger partial charge in [0, 0.05) is 15.8 Å². The van der Waals surface area contributed by atoms with E-state index < -0.39 is 6.17 Å². The van der Waals surface area contributed by atoms with Gasteiger partial charge in [0.1, 0.15) is 6.17 Å². The van der Waals surface area contributed by atoms with Crippen LogP contribution >= 0.6 is 15.9 Å². The Balaban J connectivity index is 1.86. The van der Waals surface area contributed by atoms with Crippen LogP contribution in [-0.4, -0.2) is 20.1 Å². The molecule has 6 heteroatoms. The molecule has 0 saturated carbocycles. The molecule has 1 N–H and O–H groups in total. The highest BCUT2D eigenvalue weighted by atomic mass is 79.9. The van der Waals surface area contributed by atoms with Crippen LogP contribution in [0.1, 0.15) is 22.1 Å². The number of carbonyl (C=O) groups excluding carboxylic acids is 1. The standard InChI is InChI=1S/C22H19BrN2O3/c1-27-19-11-10-14(12-20(19)28-2)21-24-18-9-4-3-8-17(18)22(26)25(21)16-7-5-6-15(23)13-16/h3-13,21,24H,1-2H3/t21-/m1/s1. The summed E-state index contributed by atoms with van der Waals surface area (Å²) >= 11 is 3.50. The van der Waals surface area contributed by atoms with Crippen molar-refractivity contribution in [1.82, 2.24) is 0 Å². The number of hydrogen-bond donors (Lipinski definition) is 1. The number of fused-ring (bicyclic) bond motifs is 1. The van der Waals surface area contributed by atoms with Gasteiger partial charge in [-0.15, -0.1) is 0 Å². The highest BCUT2D eigenvalue weighted by molar-refractivity contribution is 9.10. The number of benzene rings is 3. The molecule has 0 saturated heterocycles. The predicted molar refractivity (Wildman–Crippen MR) is 113 cm³/mol. The normalized spacial score (nSPS) is 15.6. The molecule has 1 heterocycles. The minimum absolute atomic E-state index is 0.0627. The second-order valence-electron chi connectivity index (χ2n) is 6.36. The van der Waals surface area contributed by atoms with Gasteiger partial charge in [-0.3, -0.25) is 9.69 Å². The lowest BCUT2D eigenvalue weighted by atomic mass is 10.0. The van der Waals surface area contributed by atoms with Crippen molar-refractivity contribution in [1.29, 1.82) is 0 Å². The average Bonchev–Trinajstić information content (AvgIpc) is 2.73. The van der Waals surface area contributed by atoms with Crippen molar-refractivity contribution in [2.45, 2.75) is 6.17 Å². The van der Waals surface area contributed by atoms with Crippen LogP contribution in [0.25, 0.3) is 0 Å². The van der Waals surface area contributed by atoms with E-state index in [1.54, 1.807) is 19.1 Å². The molecule has 1 aliphatic heterocycles. The summed E-state index contributed by atoms with van der Waals surface area (Å²) in [7, 11) is 3.20. The Labute approximate surface area is 172 Å². The molecule has 28 heavy (non-hydrogen) atoms. The molecule has 5 nitrogen and oxygen atoms in total.